The third-order valence-corrected chi connectivity index (χ3v) is 6.53. The van der Waals surface area contributed by atoms with Gasteiger partial charge in [0.05, 0.1) is 0 Å². The Labute approximate surface area is 257 Å². The van der Waals surface area contributed by atoms with Crippen LogP contribution in [0.25, 0.3) is 0 Å². The zero-order valence-electron chi connectivity index (χ0n) is 27.2. The quantitative estimate of drug-likeness (QED) is 0.451. The molecule has 2 aromatic carbocycles. The van der Waals surface area contributed by atoms with Crippen LogP contribution < -0.4 is 20.8 Å². The average Bonchev–Trinajstić information content (AvgIpc) is 2.70. The van der Waals surface area contributed by atoms with Crippen molar-refractivity contribution in [3.05, 3.63) is 67.8 Å². The number of carboxylic acids is 2. The Bertz CT molecular complexity index is 1050. The van der Waals surface area contributed by atoms with Crippen molar-refractivity contribution in [2.45, 2.75) is 128 Å². The summed E-state index contributed by atoms with van der Waals surface area (Å²) in [5, 5.41) is 25.2. The van der Waals surface area contributed by atoms with Crippen LogP contribution in [-0.2, 0) is 49.5 Å². The molecule has 0 aromatic heterocycles. The molecule has 0 aliphatic heterocycles. The van der Waals surface area contributed by atoms with E-state index in [1.807, 2.05) is 0 Å². The Kier molecular flexibility index (Phi) is 17.1. The molecule has 40 heavy (non-hydrogen) atoms. The third-order valence-electron chi connectivity index (χ3n) is 6.53. The van der Waals surface area contributed by atoms with Crippen LogP contribution in [0.15, 0.2) is 12.1 Å². The van der Waals surface area contributed by atoms with E-state index in [9.17, 15) is 0 Å². The number of carbonyl (C=O) groups is 2. The number of hydrogen-bond donors (Lipinski definition) is 2. The molecule has 7 heteroatoms. The molecule has 0 fully saturated rings. The number of carbonyl (C=O) groups excluding carboxylic acids is 2. The molecule has 0 spiro atoms. The van der Waals surface area contributed by atoms with E-state index >= 15 is 0 Å². The molecular formula is C33H52N2O4Pd. The minimum atomic E-state index is -1.08. The number of carboxylic acid groups (broad SMARTS) is 2. The van der Waals surface area contributed by atoms with Gasteiger partial charge in [0.25, 0.3) is 0 Å². The van der Waals surface area contributed by atoms with E-state index < -0.39 is 11.9 Å². The van der Waals surface area contributed by atoms with Gasteiger partial charge in [0, 0.05) is 36.1 Å². The zero-order chi connectivity index (χ0) is 30.9. The summed E-state index contributed by atoms with van der Waals surface area (Å²) >= 11 is 0. The van der Waals surface area contributed by atoms with E-state index in [4.69, 9.17) is 19.8 Å². The van der Waals surface area contributed by atoms with Gasteiger partial charge >= 0.3 is 20.4 Å². The minimum absolute atomic E-state index is 0. The van der Waals surface area contributed by atoms with Gasteiger partial charge in [0.2, 0.25) is 0 Å². The molecule has 2 N–H and O–H groups in total. The van der Waals surface area contributed by atoms with Crippen molar-refractivity contribution in [2.24, 2.45) is 0 Å². The van der Waals surface area contributed by atoms with E-state index in [1.165, 1.54) is 55.6 Å². The SMILES string of the molecule is CC(=O)[O-].CC(=O)[O-].Cc1cc(C)c(Cc2c(C)cc(C)c(CNC(C)(C)C)c2C)c(C)c1CNC(C)(C)C.[Pd+2]. The van der Waals surface area contributed by atoms with Gasteiger partial charge in [-0.3, -0.25) is 0 Å². The van der Waals surface area contributed by atoms with Crippen LogP contribution in [0.3, 0.4) is 0 Å². The molecule has 2 aromatic rings. The van der Waals surface area contributed by atoms with Crippen LogP contribution in [0.5, 0.6) is 0 Å². The summed E-state index contributed by atoms with van der Waals surface area (Å²) in [5.74, 6) is -2.17. The van der Waals surface area contributed by atoms with Crippen molar-refractivity contribution >= 4 is 11.9 Å². The molecule has 0 unspecified atom stereocenters. The third kappa shape index (κ3) is 15.1. The summed E-state index contributed by atoms with van der Waals surface area (Å²) < 4.78 is 0. The van der Waals surface area contributed by atoms with Crippen LogP contribution >= 0.6 is 0 Å². The summed E-state index contributed by atoms with van der Waals surface area (Å²) in [4.78, 5) is 17.8. The van der Waals surface area contributed by atoms with Crippen molar-refractivity contribution in [3.63, 3.8) is 0 Å². The van der Waals surface area contributed by atoms with Crippen LogP contribution in [-0.4, -0.2) is 23.0 Å². The summed E-state index contributed by atoms with van der Waals surface area (Å²) in [6.07, 6.45) is 1.00. The predicted octanol–water partition coefficient (Wildman–Crippen LogP) is 4.41. The van der Waals surface area contributed by atoms with Crippen molar-refractivity contribution in [2.75, 3.05) is 0 Å². The molecular weight excluding hydrogens is 595 g/mol. The maximum atomic E-state index is 8.89. The van der Waals surface area contributed by atoms with Gasteiger partial charge in [-0.15, -0.1) is 0 Å². The summed E-state index contributed by atoms with van der Waals surface area (Å²) in [7, 11) is 0. The second-order valence-corrected chi connectivity index (χ2v) is 12.6. The first-order valence-corrected chi connectivity index (χ1v) is 13.6. The molecule has 2 rings (SSSR count). The van der Waals surface area contributed by atoms with E-state index in [1.54, 1.807) is 0 Å². The predicted molar refractivity (Wildman–Crippen MR) is 159 cm³/mol. The van der Waals surface area contributed by atoms with E-state index in [2.05, 4.69) is 106 Å². The number of hydrogen-bond acceptors (Lipinski definition) is 6. The second-order valence-electron chi connectivity index (χ2n) is 12.6. The number of aliphatic carboxylic acids is 2. The molecule has 0 aliphatic rings. The number of benzene rings is 2. The monoisotopic (exact) mass is 646 g/mol. The standard InChI is InChI=1S/C29H46N2.2C2H4O2.Pd/c1-18-13-20(3)26(16-30-28(7,8)9)22(5)24(18)15-25-19(2)14-21(4)27(23(25)6)17-31-29(10,11)12;2*1-2(3)4;/h13-14,30-31H,15-17H2,1-12H3;2*1H3,(H,3,4);/q;;;+2/p-2. The Morgan fingerprint density at radius 3 is 1.05 bits per heavy atom. The van der Waals surface area contributed by atoms with Crippen LogP contribution in [0.1, 0.15) is 111 Å². The molecule has 6 nitrogen and oxygen atoms in total. The molecule has 0 radical (unpaired) electrons. The summed E-state index contributed by atoms with van der Waals surface area (Å²) in [6.45, 7) is 30.9. The van der Waals surface area contributed by atoms with Crippen LogP contribution in [0, 0.1) is 41.5 Å². The Hall–Kier alpha value is -2.04. The molecule has 228 valence electrons. The first-order valence-electron chi connectivity index (χ1n) is 13.6. The topological polar surface area (TPSA) is 104 Å². The van der Waals surface area contributed by atoms with Gasteiger partial charge < -0.3 is 30.4 Å². The molecule has 0 saturated carbocycles. The average molecular weight is 647 g/mol. The number of aryl methyl sites for hydroxylation is 4. The Morgan fingerprint density at radius 1 is 0.600 bits per heavy atom. The molecule has 0 saturated heterocycles. The summed E-state index contributed by atoms with van der Waals surface area (Å²) in [5.41, 5.74) is 14.6. The minimum Gasteiger partial charge on any atom is -0.550 e. The van der Waals surface area contributed by atoms with Gasteiger partial charge in [-0.2, -0.15) is 0 Å². The molecule has 0 aliphatic carbocycles. The van der Waals surface area contributed by atoms with Crippen LogP contribution in [0.2, 0.25) is 0 Å². The van der Waals surface area contributed by atoms with Crippen molar-refractivity contribution in [1.29, 1.82) is 0 Å². The van der Waals surface area contributed by atoms with Crippen molar-refractivity contribution < 1.29 is 40.2 Å². The fraction of sp³-hybridized carbons (Fsp3) is 0.576. The largest absolute Gasteiger partial charge is 2.00 e. The van der Waals surface area contributed by atoms with Gasteiger partial charge in [-0.1, -0.05) is 12.1 Å². The molecule has 0 bridgehead atoms. The normalized spacial score (nSPS) is 10.9. The van der Waals surface area contributed by atoms with E-state index in [0.717, 1.165) is 33.4 Å². The van der Waals surface area contributed by atoms with Gasteiger partial charge in [-0.05, 0) is 159 Å². The van der Waals surface area contributed by atoms with Crippen LogP contribution in [0.4, 0.5) is 0 Å². The number of rotatable bonds is 6. The van der Waals surface area contributed by atoms with Gasteiger partial charge in [0.15, 0.2) is 0 Å². The second kappa shape index (κ2) is 17.0. The van der Waals surface area contributed by atoms with Gasteiger partial charge in [0.1, 0.15) is 0 Å². The smallest absolute Gasteiger partial charge is 0.550 e. The maximum Gasteiger partial charge on any atom is 2.00 e. The fourth-order valence-corrected chi connectivity index (χ4v) is 4.52. The maximum absolute atomic E-state index is 8.89. The molecule has 0 amide bonds. The zero-order valence-corrected chi connectivity index (χ0v) is 28.8. The van der Waals surface area contributed by atoms with Crippen molar-refractivity contribution in [3.8, 4) is 0 Å². The summed E-state index contributed by atoms with van der Waals surface area (Å²) in [6, 6.07) is 4.76. The molecule has 0 atom stereocenters. The Morgan fingerprint density at radius 2 is 0.825 bits per heavy atom. The number of nitrogens with one attached hydrogen (secondary N) is 2. The fourth-order valence-electron chi connectivity index (χ4n) is 4.52. The first-order chi connectivity index (χ1) is 17.6. The van der Waals surface area contributed by atoms with E-state index in [0.29, 0.717) is 0 Å². The van der Waals surface area contributed by atoms with E-state index in [-0.39, 0.29) is 31.5 Å². The molecule has 0 heterocycles. The first kappa shape index (κ1) is 40.1. The van der Waals surface area contributed by atoms with Gasteiger partial charge in [-0.25, -0.2) is 0 Å². The van der Waals surface area contributed by atoms with Crippen molar-refractivity contribution in [1.82, 2.24) is 10.6 Å². The Balaban J connectivity index is 0.